The number of likely N-dealkylation sites (tertiary alicyclic amines) is 1. The van der Waals surface area contributed by atoms with Crippen LogP contribution in [0, 0.1) is 19.8 Å². The normalized spacial score (nSPS) is 25.8. The van der Waals surface area contributed by atoms with Crippen molar-refractivity contribution in [3.63, 3.8) is 0 Å². The molecule has 1 aromatic rings. The monoisotopic (exact) mass is 374 g/mol. The summed E-state index contributed by atoms with van der Waals surface area (Å²) in [5.41, 5.74) is 1.27. The first kappa shape index (κ1) is 19.5. The number of nitrogens with zero attached hydrogens (tertiary/aromatic N) is 2. The molecular weight excluding hydrogens is 336 g/mol. The van der Waals surface area contributed by atoms with Crippen LogP contribution >= 0.6 is 0 Å². The molecular formula is C23H38N2O2. The fourth-order valence-corrected chi connectivity index (χ4v) is 5.36. The molecule has 152 valence electrons. The number of ether oxygens (including phenoxy) is 1. The molecule has 1 aliphatic carbocycles. The lowest BCUT2D eigenvalue weighted by Gasteiger charge is -2.38. The largest absolute Gasteiger partial charge is 0.465 e. The summed E-state index contributed by atoms with van der Waals surface area (Å²) >= 11 is 0. The van der Waals surface area contributed by atoms with Gasteiger partial charge in [-0.1, -0.05) is 12.8 Å². The van der Waals surface area contributed by atoms with Gasteiger partial charge in [-0.3, -0.25) is 4.90 Å². The maximum absolute atomic E-state index is 5.99. The molecule has 1 aromatic heterocycles. The van der Waals surface area contributed by atoms with E-state index in [1.54, 1.807) is 0 Å². The first-order valence-corrected chi connectivity index (χ1v) is 11.3. The van der Waals surface area contributed by atoms with Crippen LogP contribution in [0.4, 0.5) is 0 Å². The zero-order valence-electron chi connectivity index (χ0n) is 17.4. The SMILES string of the molecule is Cc1cc(CN(CC2CCN(C3CCCC3)CC2)CC2CCCO2)oc1C. The molecule has 0 amide bonds. The van der Waals surface area contributed by atoms with E-state index in [1.165, 1.54) is 76.6 Å². The van der Waals surface area contributed by atoms with Crippen LogP contribution in [0.25, 0.3) is 0 Å². The van der Waals surface area contributed by atoms with Crippen LogP contribution < -0.4 is 0 Å². The second-order valence-corrected chi connectivity index (χ2v) is 9.20. The summed E-state index contributed by atoms with van der Waals surface area (Å²) in [5, 5.41) is 0. The molecule has 27 heavy (non-hydrogen) atoms. The predicted octanol–water partition coefficient (Wildman–Crippen LogP) is 4.53. The Morgan fingerprint density at radius 2 is 1.78 bits per heavy atom. The average Bonchev–Trinajstić information content (AvgIpc) is 3.40. The highest BCUT2D eigenvalue weighted by Crippen LogP contribution is 2.29. The summed E-state index contributed by atoms with van der Waals surface area (Å²) in [7, 11) is 0. The number of rotatable bonds is 7. The van der Waals surface area contributed by atoms with Crippen LogP contribution in [0.5, 0.6) is 0 Å². The van der Waals surface area contributed by atoms with Crippen molar-refractivity contribution in [1.29, 1.82) is 0 Å². The smallest absolute Gasteiger partial charge is 0.118 e. The van der Waals surface area contributed by atoms with Crippen molar-refractivity contribution >= 4 is 0 Å². The zero-order chi connectivity index (χ0) is 18.6. The zero-order valence-corrected chi connectivity index (χ0v) is 17.4. The molecule has 0 radical (unpaired) electrons. The molecule has 1 atom stereocenters. The summed E-state index contributed by atoms with van der Waals surface area (Å²) < 4.78 is 11.9. The molecule has 3 aliphatic rings. The van der Waals surface area contributed by atoms with Crippen molar-refractivity contribution in [2.45, 2.75) is 83.9 Å². The Morgan fingerprint density at radius 3 is 2.41 bits per heavy atom. The lowest BCUT2D eigenvalue weighted by atomic mass is 9.94. The van der Waals surface area contributed by atoms with Crippen LogP contribution in [0.1, 0.15) is 68.5 Å². The Kier molecular flexibility index (Phi) is 6.57. The van der Waals surface area contributed by atoms with Crippen molar-refractivity contribution in [2.75, 3.05) is 32.8 Å². The fourth-order valence-electron chi connectivity index (χ4n) is 5.36. The van der Waals surface area contributed by atoms with E-state index in [-0.39, 0.29) is 0 Å². The van der Waals surface area contributed by atoms with E-state index in [0.717, 1.165) is 43.2 Å². The minimum atomic E-state index is 0.417. The topological polar surface area (TPSA) is 28.9 Å². The van der Waals surface area contributed by atoms with Gasteiger partial charge in [-0.15, -0.1) is 0 Å². The molecule has 0 N–H and O–H groups in total. The Labute approximate surface area is 165 Å². The van der Waals surface area contributed by atoms with Crippen LogP contribution in [-0.4, -0.2) is 54.7 Å². The number of aryl methyl sites for hydroxylation is 2. The van der Waals surface area contributed by atoms with Gasteiger partial charge in [0.25, 0.3) is 0 Å². The minimum absolute atomic E-state index is 0.417. The molecule has 0 aromatic carbocycles. The highest BCUT2D eigenvalue weighted by atomic mass is 16.5. The van der Waals surface area contributed by atoms with E-state index in [1.807, 2.05) is 0 Å². The molecule has 1 unspecified atom stereocenters. The van der Waals surface area contributed by atoms with Gasteiger partial charge in [0, 0.05) is 25.7 Å². The van der Waals surface area contributed by atoms with Crippen LogP contribution in [0.2, 0.25) is 0 Å². The fraction of sp³-hybridized carbons (Fsp3) is 0.826. The number of hydrogen-bond donors (Lipinski definition) is 0. The van der Waals surface area contributed by atoms with Crippen LogP contribution in [0.15, 0.2) is 10.5 Å². The molecule has 2 aliphatic heterocycles. The lowest BCUT2D eigenvalue weighted by Crippen LogP contribution is -2.43. The maximum Gasteiger partial charge on any atom is 0.118 e. The molecule has 4 nitrogen and oxygen atoms in total. The minimum Gasteiger partial charge on any atom is -0.465 e. The van der Waals surface area contributed by atoms with E-state index in [2.05, 4.69) is 29.7 Å². The Bertz CT molecular complexity index is 560. The standard InChI is InChI=1S/C23H38N2O2/c1-18-14-23(27-19(18)2)17-24(16-22-8-5-13-26-22)15-20-9-11-25(12-10-20)21-6-3-4-7-21/h14,20-22H,3-13,15-17H2,1-2H3. The van der Waals surface area contributed by atoms with E-state index in [4.69, 9.17) is 9.15 Å². The lowest BCUT2D eigenvalue weighted by molar-refractivity contribution is 0.0514. The molecule has 0 spiro atoms. The summed E-state index contributed by atoms with van der Waals surface area (Å²) in [5.74, 6) is 3.00. The van der Waals surface area contributed by atoms with Gasteiger partial charge in [0.2, 0.25) is 0 Å². The number of furan rings is 1. The quantitative estimate of drug-likeness (QED) is 0.701. The van der Waals surface area contributed by atoms with Crippen LogP contribution in [0.3, 0.4) is 0 Å². The Morgan fingerprint density at radius 1 is 1.00 bits per heavy atom. The maximum atomic E-state index is 5.99. The van der Waals surface area contributed by atoms with E-state index >= 15 is 0 Å². The number of piperidine rings is 1. The van der Waals surface area contributed by atoms with Gasteiger partial charge in [-0.2, -0.15) is 0 Å². The first-order valence-electron chi connectivity index (χ1n) is 11.3. The molecule has 4 heteroatoms. The van der Waals surface area contributed by atoms with E-state index in [9.17, 15) is 0 Å². The van der Waals surface area contributed by atoms with E-state index < -0.39 is 0 Å². The second-order valence-electron chi connectivity index (χ2n) is 9.20. The van der Waals surface area contributed by atoms with Crippen molar-refractivity contribution in [3.8, 4) is 0 Å². The van der Waals surface area contributed by atoms with Gasteiger partial charge in [-0.05, 0) is 83.0 Å². The first-order chi connectivity index (χ1) is 13.2. The van der Waals surface area contributed by atoms with Gasteiger partial charge in [-0.25, -0.2) is 0 Å². The third-order valence-electron chi connectivity index (χ3n) is 7.09. The van der Waals surface area contributed by atoms with Gasteiger partial charge in [0.15, 0.2) is 0 Å². The molecule has 0 bridgehead atoms. The summed E-state index contributed by atoms with van der Waals surface area (Å²) in [4.78, 5) is 5.40. The van der Waals surface area contributed by atoms with E-state index in [0.29, 0.717) is 6.10 Å². The molecule has 1 saturated carbocycles. The molecule has 3 fully saturated rings. The highest BCUT2D eigenvalue weighted by molar-refractivity contribution is 5.18. The van der Waals surface area contributed by atoms with Crippen molar-refractivity contribution in [1.82, 2.24) is 9.80 Å². The predicted molar refractivity (Wildman–Crippen MR) is 109 cm³/mol. The van der Waals surface area contributed by atoms with Crippen molar-refractivity contribution in [3.05, 3.63) is 23.2 Å². The summed E-state index contributed by atoms with van der Waals surface area (Å²) in [6.07, 6.45) is 11.3. The number of hydrogen-bond acceptors (Lipinski definition) is 4. The van der Waals surface area contributed by atoms with Gasteiger partial charge in [0.1, 0.15) is 11.5 Å². The van der Waals surface area contributed by atoms with Crippen LogP contribution in [-0.2, 0) is 11.3 Å². The van der Waals surface area contributed by atoms with Crippen molar-refractivity contribution < 1.29 is 9.15 Å². The van der Waals surface area contributed by atoms with Gasteiger partial charge < -0.3 is 14.1 Å². The highest BCUT2D eigenvalue weighted by Gasteiger charge is 2.29. The second kappa shape index (κ2) is 9.11. The molecule has 3 heterocycles. The third-order valence-corrected chi connectivity index (χ3v) is 7.09. The Hall–Kier alpha value is -0.840. The van der Waals surface area contributed by atoms with Gasteiger partial charge >= 0.3 is 0 Å². The average molecular weight is 375 g/mol. The Balaban J connectivity index is 1.32. The van der Waals surface area contributed by atoms with Crippen molar-refractivity contribution in [2.24, 2.45) is 5.92 Å². The third kappa shape index (κ3) is 5.16. The molecule has 2 saturated heterocycles. The summed E-state index contributed by atoms with van der Waals surface area (Å²) in [6.45, 7) is 10.9. The summed E-state index contributed by atoms with van der Waals surface area (Å²) in [6, 6.07) is 3.11. The molecule has 4 rings (SSSR count). The van der Waals surface area contributed by atoms with Gasteiger partial charge in [0.05, 0.1) is 12.6 Å².